The topological polar surface area (TPSA) is 71.3 Å². The predicted molar refractivity (Wildman–Crippen MR) is 125 cm³/mol. The fourth-order valence-corrected chi connectivity index (χ4v) is 3.22. The number of nitrogens with zero attached hydrogens (tertiary/aromatic N) is 1. The van der Waals surface area contributed by atoms with Crippen LogP contribution >= 0.6 is 27.5 Å². The Balaban J connectivity index is 1.87. The van der Waals surface area contributed by atoms with E-state index in [1.165, 1.54) is 13.2 Å². The SMILES string of the molecule is COc1cccc(/C=C(\C#N)C(=O)Nc2cccc(Cl)c2)c1OCc1ccc(Br)cc1. The van der Waals surface area contributed by atoms with Crippen LogP contribution in [0.1, 0.15) is 11.1 Å². The van der Waals surface area contributed by atoms with Gasteiger partial charge in [-0.3, -0.25) is 4.79 Å². The number of rotatable bonds is 7. The Labute approximate surface area is 194 Å². The average Bonchev–Trinajstić information content (AvgIpc) is 2.77. The van der Waals surface area contributed by atoms with Crippen LogP contribution in [0.2, 0.25) is 5.02 Å². The number of nitrogens with one attached hydrogen (secondary N) is 1. The van der Waals surface area contributed by atoms with Crippen molar-refractivity contribution < 1.29 is 14.3 Å². The van der Waals surface area contributed by atoms with Crippen molar-refractivity contribution in [3.05, 3.63) is 92.9 Å². The quantitative estimate of drug-likeness (QED) is 0.310. The highest BCUT2D eigenvalue weighted by atomic mass is 79.9. The minimum absolute atomic E-state index is 0.0817. The van der Waals surface area contributed by atoms with Crippen molar-refractivity contribution >= 4 is 45.2 Å². The van der Waals surface area contributed by atoms with Crippen molar-refractivity contribution in [3.63, 3.8) is 0 Å². The molecule has 0 aliphatic rings. The van der Waals surface area contributed by atoms with Crippen molar-refractivity contribution in [1.29, 1.82) is 5.26 Å². The standard InChI is InChI=1S/C24H18BrClN2O3/c1-30-22-7-2-4-17(23(22)31-15-16-8-10-19(25)11-9-16)12-18(14-27)24(29)28-21-6-3-5-20(26)13-21/h2-13H,15H2,1H3,(H,28,29)/b18-12+. The third kappa shape index (κ3) is 6.11. The number of carbonyl (C=O) groups excluding carboxylic acids is 1. The summed E-state index contributed by atoms with van der Waals surface area (Å²) >= 11 is 9.36. The van der Waals surface area contributed by atoms with E-state index in [2.05, 4.69) is 21.2 Å². The minimum atomic E-state index is -0.550. The van der Waals surface area contributed by atoms with Gasteiger partial charge in [0.25, 0.3) is 5.91 Å². The number of nitriles is 1. The van der Waals surface area contributed by atoms with Crippen LogP contribution in [0.5, 0.6) is 11.5 Å². The van der Waals surface area contributed by atoms with E-state index in [-0.39, 0.29) is 5.57 Å². The van der Waals surface area contributed by atoms with Gasteiger partial charge in [0.15, 0.2) is 11.5 Å². The van der Waals surface area contributed by atoms with E-state index in [0.29, 0.717) is 34.4 Å². The number of methoxy groups -OCH3 is 1. The summed E-state index contributed by atoms with van der Waals surface area (Å²) in [7, 11) is 1.53. The van der Waals surface area contributed by atoms with E-state index in [9.17, 15) is 10.1 Å². The molecule has 0 unspecified atom stereocenters. The van der Waals surface area contributed by atoms with E-state index in [1.807, 2.05) is 30.3 Å². The molecule has 0 bridgehead atoms. The molecular formula is C24H18BrClN2O3. The van der Waals surface area contributed by atoms with Crippen LogP contribution in [0.3, 0.4) is 0 Å². The first kappa shape index (κ1) is 22.4. The van der Waals surface area contributed by atoms with Gasteiger partial charge in [-0.2, -0.15) is 5.26 Å². The molecule has 5 nitrogen and oxygen atoms in total. The predicted octanol–water partition coefficient (Wildman–Crippen LogP) is 6.24. The third-order valence-corrected chi connectivity index (χ3v) is 5.04. The number of anilines is 1. The molecule has 0 saturated carbocycles. The van der Waals surface area contributed by atoms with Gasteiger partial charge in [0.05, 0.1) is 7.11 Å². The molecule has 1 amide bonds. The van der Waals surface area contributed by atoms with Crippen molar-refractivity contribution in [2.75, 3.05) is 12.4 Å². The van der Waals surface area contributed by atoms with Crippen LogP contribution in [-0.4, -0.2) is 13.0 Å². The maximum atomic E-state index is 12.6. The highest BCUT2D eigenvalue weighted by Gasteiger charge is 2.14. The Morgan fingerprint density at radius 2 is 1.90 bits per heavy atom. The van der Waals surface area contributed by atoms with Gasteiger partial charge in [-0.15, -0.1) is 0 Å². The summed E-state index contributed by atoms with van der Waals surface area (Å²) in [4.78, 5) is 12.6. The van der Waals surface area contributed by atoms with E-state index in [4.69, 9.17) is 21.1 Å². The Hall–Kier alpha value is -3.27. The van der Waals surface area contributed by atoms with E-state index < -0.39 is 5.91 Å². The van der Waals surface area contributed by atoms with E-state index in [1.54, 1.807) is 42.5 Å². The molecule has 0 aliphatic carbocycles. The lowest BCUT2D eigenvalue weighted by atomic mass is 10.1. The zero-order chi connectivity index (χ0) is 22.2. The summed E-state index contributed by atoms with van der Waals surface area (Å²) in [6.45, 7) is 0.297. The Kier molecular flexibility index (Phi) is 7.71. The molecule has 156 valence electrons. The highest BCUT2D eigenvalue weighted by molar-refractivity contribution is 9.10. The molecule has 0 aliphatic heterocycles. The average molecular weight is 498 g/mol. The van der Waals surface area contributed by atoms with Gasteiger partial charge in [0.1, 0.15) is 18.2 Å². The second kappa shape index (κ2) is 10.7. The summed E-state index contributed by atoms with van der Waals surface area (Å²) in [5.74, 6) is 0.390. The molecule has 0 atom stereocenters. The molecule has 3 aromatic carbocycles. The molecule has 1 N–H and O–H groups in total. The normalized spacial score (nSPS) is 10.8. The molecule has 7 heteroatoms. The maximum Gasteiger partial charge on any atom is 0.266 e. The van der Waals surface area contributed by atoms with Crippen molar-refractivity contribution in [2.45, 2.75) is 6.61 Å². The van der Waals surface area contributed by atoms with Crippen LogP contribution in [0.15, 0.2) is 76.8 Å². The summed E-state index contributed by atoms with van der Waals surface area (Å²) in [6, 6.07) is 21.7. The van der Waals surface area contributed by atoms with Gasteiger partial charge >= 0.3 is 0 Å². The number of halogens is 2. The van der Waals surface area contributed by atoms with Crippen LogP contribution in [0, 0.1) is 11.3 Å². The van der Waals surface area contributed by atoms with Gasteiger partial charge in [-0.1, -0.05) is 57.9 Å². The molecular weight excluding hydrogens is 480 g/mol. The maximum absolute atomic E-state index is 12.6. The first-order chi connectivity index (χ1) is 15.0. The van der Waals surface area contributed by atoms with Gasteiger partial charge in [0, 0.05) is 20.7 Å². The molecule has 31 heavy (non-hydrogen) atoms. The summed E-state index contributed by atoms with van der Waals surface area (Å²) in [5.41, 5.74) is 1.93. The van der Waals surface area contributed by atoms with Crippen LogP contribution in [0.25, 0.3) is 6.08 Å². The molecule has 0 aromatic heterocycles. The number of ether oxygens (including phenoxy) is 2. The number of carbonyl (C=O) groups is 1. The van der Waals surface area contributed by atoms with Crippen molar-refractivity contribution in [1.82, 2.24) is 0 Å². The fraction of sp³-hybridized carbons (Fsp3) is 0.0833. The molecule has 3 aromatic rings. The minimum Gasteiger partial charge on any atom is -0.493 e. The zero-order valence-electron chi connectivity index (χ0n) is 16.6. The molecule has 0 heterocycles. The number of benzene rings is 3. The van der Waals surface area contributed by atoms with Crippen LogP contribution in [0.4, 0.5) is 5.69 Å². The fourth-order valence-electron chi connectivity index (χ4n) is 2.77. The highest BCUT2D eigenvalue weighted by Crippen LogP contribution is 2.33. The summed E-state index contributed by atoms with van der Waals surface area (Å²) < 4.78 is 12.4. The van der Waals surface area contributed by atoms with Gasteiger partial charge < -0.3 is 14.8 Å². The zero-order valence-corrected chi connectivity index (χ0v) is 18.9. The van der Waals surface area contributed by atoms with Crippen molar-refractivity contribution in [3.8, 4) is 17.6 Å². The Bertz CT molecular complexity index is 1150. The Morgan fingerprint density at radius 3 is 2.58 bits per heavy atom. The Morgan fingerprint density at radius 1 is 1.16 bits per heavy atom. The first-order valence-electron chi connectivity index (χ1n) is 9.23. The van der Waals surface area contributed by atoms with E-state index in [0.717, 1.165) is 10.0 Å². The summed E-state index contributed by atoms with van der Waals surface area (Å²) in [5, 5.41) is 12.7. The second-order valence-electron chi connectivity index (χ2n) is 6.43. The second-order valence-corrected chi connectivity index (χ2v) is 7.78. The number of para-hydroxylation sites is 1. The van der Waals surface area contributed by atoms with Crippen LogP contribution < -0.4 is 14.8 Å². The number of hydrogen-bond donors (Lipinski definition) is 1. The van der Waals surface area contributed by atoms with Gasteiger partial charge in [0.2, 0.25) is 0 Å². The molecule has 0 fully saturated rings. The van der Waals surface area contributed by atoms with Crippen LogP contribution in [-0.2, 0) is 11.4 Å². The number of amides is 1. The first-order valence-corrected chi connectivity index (χ1v) is 10.4. The lowest BCUT2D eigenvalue weighted by Crippen LogP contribution is -2.13. The molecule has 0 saturated heterocycles. The van der Waals surface area contributed by atoms with Gasteiger partial charge in [-0.25, -0.2) is 0 Å². The van der Waals surface area contributed by atoms with Crippen molar-refractivity contribution in [2.24, 2.45) is 0 Å². The molecule has 0 spiro atoms. The lowest BCUT2D eigenvalue weighted by molar-refractivity contribution is -0.112. The largest absolute Gasteiger partial charge is 0.493 e. The smallest absolute Gasteiger partial charge is 0.266 e. The number of hydrogen-bond acceptors (Lipinski definition) is 4. The van der Waals surface area contributed by atoms with Gasteiger partial charge in [-0.05, 0) is 48.0 Å². The van der Waals surface area contributed by atoms with E-state index >= 15 is 0 Å². The molecule has 3 rings (SSSR count). The lowest BCUT2D eigenvalue weighted by Gasteiger charge is -2.14. The monoisotopic (exact) mass is 496 g/mol. The molecule has 0 radical (unpaired) electrons. The summed E-state index contributed by atoms with van der Waals surface area (Å²) in [6.07, 6.45) is 1.47. The third-order valence-electron chi connectivity index (χ3n) is 4.27.